The van der Waals surface area contributed by atoms with Gasteiger partial charge >= 0.3 is 0 Å². The fourth-order valence-electron chi connectivity index (χ4n) is 2.55. The number of anilines is 2. The fraction of sp³-hybridized carbons (Fsp3) is 0.333. The molecule has 132 valence electrons. The summed E-state index contributed by atoms with van der Waals surface area (Å²) in [5, 5.41) is 5.78. The van der Waals surface area contributed by atoms with E-state index in [9.17, 15) is 9.59 Å². The van der Waals surface area contributed by atoms with Crippen LogP contribution in [0.15, 0.2) is 48.5 Å². The van der Waals surface area contributed by atoms with Gasteiger partial charge < -0.3 is 10.6 Å². The molecule has 0 aliphatic rings. The molecule has 25 heavy (non-hydrogen) atoms. The van der Waals surface area contributed by atoms with Crippen LogP contribution in [0.4, 0.5) is 11.4 Å². The third-order valence-corrected chi connectivity index (χ3v) is 3.84. The highest BCUT2D eigenvalue weighted by atomic mass is 16.2. The van der Waals surface area contributed by atoms with Crippen molar-refractivity contribution in [2.45, 2.75) is 46.0 Å². The van der Waals surface area contributed by atoms with E-state index in [1.807, 2.05) is 62.4 Å². The minimum absolute atomic E-state index is 0.0518. The predicted molar refractivity (Wildman–Crippen MR) is 103 cm³/mol. The van der Waals surface area contributed by atoms with Crippen molar-refractivity contribution in [3.8, 4) is 0 Å². The third-order valence-electron chi connectivity index (χ3n) is 3.84. The number of rotatable bonds is 8. The van der Waals surface area contributed by atoms with Crippen molar-refractivity contribution in [2.24, 2.45) is 0 Å². The molecular formula is C21H26N2O2. The van der Waals surface area contributed by atoms with Gasteiger partial charge in [0.25, 0.3) is 0 Å². The topological polar surface area (TPSA) is 58.2 Å². The number of nitrogens with one attached hydrogen (secondary N) is 2. The van der Waals surface area contributed by atoms with Crippen LogP contribution < -0.4 is 10.6 Å². The lowest BCUT2D eigenvalue weighted by Gasteiger charge is -2.08. The maximum Gasteiger partial charge on any atom is 0.224 e. The van der Waals surface area contributed by atoms with Gasteiger partial charge in [0.1, 0.15) is 0 Å². The lowest BCUT2D eigenvalue weighted by molar-refractivity contribution is -0.117. The Morgan fingerprint density at radius 2 is 1.04 bits per heavy atom. The van der Waals surface area contributed by atoms with Crippen molar-refractivity contribution in [1.82, 2.24) is 0 Å². The molecule has 0 saturated carbocycles. The monoisotopic (exact) mass is 338 g/mol. The van der Waals surface area contributed by atoms with Crippen LogP contribution in [0.1, 0.15) is 50.7 Å². The summed E-state index contributed by atoms with van der Waals surface area (Å²) in [5.74, 6) is 0.104. The predicted octanol–water partition coefficient (Wildman–Crippen LogP) is 4.75. The van der Waals surface area contributed by atoms with E-state index in [4.69, 9.17) is 0 Å². The van der Waals surface area contributed by atoms with E-state index in [0.717, 1.165) is 30.6 Å². The summed E-state index contributed by atoms with van der Waals surface area (Å²) in [6.07, 6.45) is 3.59. The van der Waals surface area contributed by atoms with E-state index in [0.29, 0.717) is 12.8 Å². The van der Waals surface area contributed by atoms with Crippen molar-refractivity contribution in [1.29, 1.82) is 0 Å². The van der Waals surface area contributed by atoms with Crippen LogP contribution in [0.2, 0.25) is 0 Å². The fourth-order valence-corrected chi connectivity index (χ4v) is 2.55. The second-order valence-electron chi connectivity index (χ2n) is 6.17. The molecule has 0 aliphatic carbocycles. The van der Waals surface area contributed by atoms with Crippen LogP contribution in [0.5, 0.6) is 0 Å². The van der Waals surface area contributed by atoms with E-state index < -0.39 is 0 Å². The summed E-state index contributed by atoms with van der Waals surface area (Å²) in [7, 11) is 0. The second kappa shape index (κ2) is 9.62. The standard InChI is InChI=1S/C21H26N2O2/c1-3-5-20(24)22-18-11-7-16(8-12-18)15-17-9-13-19(14-10-17)23-21(25)6-4-2/h7-14H,3-6,15H2,1-2H3,(H,22,24)(H,23,25). The smallest absolute Gasteiger partial charge is 0.224 e. The minimum atomic E-state index is 0.0518. The molecule has 0 spiro atoms. The zero-order valence-electron chi connectivity index (χ0n) is 15.0. The van der Waals surface area contributed by atoms with E-state index in [1.54, 1.807) is 0 Å². The molecule has 0 aromatic heterocycles. The molecule has 0 bridgehead atoms. The van der Waals surface area contributed by atoms with Crippen LogP contribution in [0.3, 0.4) is 0 Å². The average Bonchev–Trinajstić information content (AvgIpc) is 2.59. The SMILES string of the molecule is CCCC(=O)Nc1ccc(Cc2ccc(NC(=O)CCC)cc2)cc1. The first-order valence-electron chi connectivity index (χ1n) is 8.88. The van der Waals surface area contributed by atoms with Gasteiger partial charge in [0.2, 0.25) is 11.8 Å². The van der Waals surface area contributed by atoms with Gasteiger partial charge in [0.15, 0.2) is 0 Å². The van der Waals surface area contributed by atoms with Crippen molar-refractivity contribution < 1.29 is 9.59 Å². The Bertz CT molecular complexity index is 629. The zero-order chi connectivity index (χ0) is 18.1. The lowest BCUT2D eigenvalue weighted by Crippen LogP contribution is -2.10. The maximum atomic E-state index is 11.6. The molecule has 4 nitrogen and oxygen atoms in total. The van der Waals surface area contributed by atoms with Crippen molar-refractivity contribution in [3.63, 3.8) is 0 Å². The minimum Gasteiger partial charge on any atom is -0.326 e. The highest BCUT2D eigenvalue weighted by Crippen LogP contribution is 2.16. The number of amides is 2. The second-order valence-corrected chi connectivity index (χ2v) is 6.17. The van der Waals surface area contributed by atoms with Crippen LogP contribution in [0, 0.1) is 0 Å². The Hall–Kier alpha value is -2.62. The van der Waals surface area contributed by atoms with Crippen LogP contribution in [-0.2, 0) is 16.0 Å². The molecule has 0 atom stereocenters. The van der Waals surface area contributed by atoms with Gasteiger partial charge in [-0.1, -0.05) is 38.1 Å². The Morgan fingerprint density at radius 3 is 1.36 bits per heavy atom. The van der Waals surface area contributed by atoms with Gasteiger partial charge in [-0.05, 0) is 54.7 Å². The first kappa shape index (κ1) is 18.7. The number of carbonyl (C=O) groups excluding carboxylic acids is 2. The maximum absolute atomic E-state index is 11.6. The van der Waals surface area contributed by atoms with E-state index >= 15 is 0 Å². The van der Waals surface area contributed by atoms with Gasteiger partial charge in [-0.15, -0.1) is 0 Å². The summed E-state index contributed by atoms with van der Waals surface area (Å²) in [4.78, 5) is 23.2. The molecule has 2 aromatic rings. The molecule has 0 fully saturated rings. The largest absolute Gasteiger partial charge is 0.326 e. The van der Waals surface area contributed by atoms with Gasteiger partial charge in [0.05, 0.1) is 0 Å². The summed E-state index contributed by atoms with van der Waals surface area (Å²) >= 11 is 0. The summed E-state index contributed by atoms with van der Waals surface area (Å²) < 4.78 is 0. The Balaban J connectivity index is 1.91. The Morgan fingerprint density at radius 1 is 0.680 bits per heavy atom. The van der Waals surface area contributed by atoms with Gasteiger partial charge in [-0.2, -0.15) is 0 Å². The lowest BCUT2D eigenvalue weighted by atomic mass is 10.0. The first-order chi connectivity index (χ1) is 12.1. The molecule has 0 heterocycles. The number of hydrogen-bond donors (Lipinski definition) is 2. The Labute approximate surface area is 149 Å². The molecule has 0 radical (unpaired) electrons. The number of hydrogen-bond acceptors (Lipinski definition) is 2. The van der Waals surface area contributed by atoms with E-state index in [2.05, 4.69) is 10.6 Å². The van der Waals surface area contributed by atoms with Gasteiger partial charge in [-0.3, -0.25) is 9.59 Å². The number of benzene rings is 2. The molecule has 2 N–H and O–H groups in total. The molecule has 0 aliphatic heterocycles. The van der Waals surface area contributed by atoms with Crippen LogP contribution in [-0.4, -0.2) is 11.8 Å². The molecule has 0 unspecified atom stereocenters. The van der Waals surface area contributed by atoms with Crippen LogP contribution in [0.25, 0.3) is 0 Å². The summed E-state index contributed by atoms with van der Waals surface area (Å²) in [6, 6.07) is 15.8. The van der Waals surface area contributed by atoms with Crippen LogP contribution >= 0.6 is 0 Å². The van der Waals surface area contributed by atoms with Crippen molar-refractivity contribution >= 4 is 23.2 Å². The molecule has 2 aromatic carbocycles. The highest BCUT2D eigenvalue weighted by molar-refractivity contribution is 5.91. The van der Waals surface area contributed by atoms with Gasteiger partial charge in [-0.25, -0.2) is 0 Å². The van der Waals surface area contributed by atoms with Crippen molar-refractivity contribution in [3.05, 3.63) is 59.7 Å². The van der Waals surface area contributed by atoms with Crippen molar-refractivity contribution in [2.75, 3.05) is 10.6 Å². The normalized spacial score (nSPS) is 10.3. The first-order valence-corrected chi connectivity index (χ1v) is 8.88. The highest BCUT2D eigenvalue weighted by Gasteiger charge is 2.03. The summed E-state index contributed by atoms with van der Waals surface area (Å²) in [5.41, 5.74) is 4.01. The Kier molecular flexibility index (Phi) is 7.20. The van der Waals surface area contributed by atoms with E-state index in [1.165, 1.54) is 11.1 Å². The van der Waals surface area contributed by atoms with Gasteiger partial charge in [0, 0.05) is 24.2 Å². The summed E-state index contributed by atoms with van der Waals surface area (Å²) in [6.45, 7) is 3.98. The molecule has 2 amide bonds. The molecule has 0 saturated heterocycles. The quantitative estimate of drug-likeness (QED) is 0.729. The molecule has 4 heteroatoms. The van der Waals surface area contributed by atoms with E-state index in [-0.39, 0.29) is 11.8 Å². The average molecular weight is 338 g/mol. The number of carbonyl (C=O) groups is 2. The third kappa shape index (κ3) is 6.42. The molecule has 2 rings (SSSR count). The molecular weight excluding hydrogens is 312 g/mol. The zero-order valence-corrected chi connectivity index (χ0v) is 15.0.